The van der Waals surface area contributed by atoms with Crippen molar-refractivity contribution in [1.29, 1.82) is 0 Å². The SMILES string of the molecule is CCC(C)(CBr)NC(=O)c1cccc([N+](=O)[O-])c1. The number of nitrogens with zero attached hydrogens (tertiary/aromatic N) is 1. The Morgan fingerprint density at radius 3 is 2.72 bits per heavy atom. The third kappa shape index (κ3) is 3.53. The summed E-state index contributed by atoms with van der Waals surface area (Å²) < 4.78 is 0. The number of halogens is 1. The summed E-state index contributed by atoms with van der Waals surface area (Å²) in [4.78, 5) is 22.1. The van der Waals surface area contributed by atoms with Crippen molar-refractivity contribution >= 4 is 27.5 Å². The van der Waals surface area contributed by atoms with Crippen molar-refractivity contribution in [2.24, 2.45) is 0 Å². The molecule has 1 aromatic rings. The highest BCUT2D eigenvalue weighted by Gasteiger charge is 2.24. The maximum atomic E-state index is 12.0. The fourth-order valence-corrected chi connectivity index (χ4v) is 1.86. The van der Waals surface area contributed by atoms with E-state index in [9.17, 15) is 14.9 Å². The van der Waals surface area contributed by atoms with Gasteiger partial charge in [-0.1, -0.05) is 28.9 Å². The predicted octanol–water partition coefficient (Wildman–Crippen LogP) is 2.89. The lowest BCUT2D eigenvalue weighted by atomic mass is 10.0. The Bertz CT molecular complexity index is 458. The molecule has 1 atom stereocenters. The van der Waals surface area contributed by atoms with E-state index in [1.54, 1.807) is 6.07 Å². The minimum absolute atomic E-state index is 0.0836. The van der Waals surface area contributed by atoms with E-state index in [4.69, 9.17) is 0 Å². The van der Waals surface area contributed by atoms with Crippen LogP contribution in [0, 0.1) is 10.1 Å². The number of non-ortho nitro benzene ring substituents is 1. The normalized spacial score (nSPS) is 13.7. The van der Waals surface area contributed by atoms with Crippen LogP contribution in [0.3, 0.4) is 0 Å². The summed E-state index contributed by atoms with van der Waals surface area (Å²) in [6, 6.07) is 5.71. The Morgan fingerprint density at radius 2 is 2.22 bits per heavy atom. The Morgan fingerprint density at radius 1 is 1.56 bits per heavy atom. The monoisotopic (exact) mass is 314 g/mol. The van der Waals surface area contributed by atoms with Gasteiger partial charge >= 0.3 is 0 Å². The number of rotatable bonds is 5. The van der Waals surface area contributed by atoms with E-state index in [1.807, 2.05) is 13.8 Å². The fourth-order valence-electron chi connectivity index (χ4n) is 1.32. The molecule has 1 rings (SSSR count). The maximum Gasteiger partial charge on any atom is 0.270 e. The van der Waals surface area contributed by atoms with Crippen molar-refractivity contribution < 1.29 is 9.72 Å². The van der Waals surface area contributed by atoms with Gasteiger partial charge in [-0.15, -0.1) is 0 Å². The zero-order valence-corrected chi connectivity index (χ0v) is 11.9. The number of nitro benzene ring substituents is 1. The average molecular weight is 315 g/mol. The van der Waals surface area contributed by atoms with E-state index >= 15 is 0 Å². The molecule has 5 nitrogen and oxygen atoms in total. The van der Waals surface area contributed by atoms with E-state index < -0.39 is 4.92 Å². The third-order valence-corrected chi connectivity index (χ3v) is 4.05. The zero-order chi connectivity index (χ0) is 13.8. The Balaban J connectivity index is 2.91. The summed E-state index contributed by atoms with van der Waals surface area (Å²) in [7, 11) is 0. The van der Waals surface area contributed by atoms with Crippen molar-refractivity contribution in [3.63, 3.8) is 0 Å². The van der Waals surface area contributed by atoms with Gasteiger partial charge in [0.2, 0.25) is 0 Å². The van der Waals surface area contributed by atoms with Crippen LogP contribution in [0.25, 0.3) is 0 Å². The molecule has 0 aliphatic carbocycles. The average Bonchev–Trinajstić information content (AvgIpc) is 2.38. The highest BCUT2D eigenvalue weighted by atomic mass is 79.9. The van der Waals surface area contributed by atoms with E-state index in [0.29, 0.717) is 10.9 Å². The van der Waals surface area contributed by atoms with Crippen molar-refractivity contribution in [2.45, 2.75) is 25.8 Å². The van der Waals surface area contributed by atoms with E-state index in [2.05, 4.69) is 21.2 Å². The topological polar surface area (TPSA) is 72.2 Å². The lowest BCUT2D eigenvalue weighted by molar-refractivity contribution is -0.384. The standard InChI is InChI=1S/C12H15BrN2O3/c1-3-12(2,8-13)14-11(16)9-5-4-6-10(7-9)15(17)18/h4-7H,3,8H2,1-2H3,(H,14,16). The molecular formula is C12H15BrN2O3. The number of benzene rings is 1. The Hall–Kier alpha value is -1.43. The second kappa shape index (κ2) is 5.95. The molecule has 0 aliphatic heterocycles. The van der Waals surface area contributed by atoms with Gasteiger partial charge in [-0.25, -0.2) is 0 Å². The van der Waals surface area contributed by atoms with Gasteiger partial charge in [-0.2, -0.15) is 0 Å². The van der Waals surface area contributed by atoms with E-state index in [0.717, 1.165) is 6.42 Å². The summed E-state index contributed by atoms with van der Waals surface area (Å²) in [6.07, 6.45) is 0.763. The second-order valence-corrected chi connectivity index (χ2v) is 4.87. The zero-order valence-electron chi connectivity index (χ0n) is 10.3. The molecular weight excluding hydrogens is 300 g/mol. The van der Waals surface area contributed by atoms with Gasteiger partial charge in [0.25, 0.3) is 11.6 Å². The number of nitrogens with one attached hydrogen (secondary N) is 1. The van der Waals surface area contributed by atoms with E-state index in [1.165, 1.54) is 18.2 Å². The van der Waals surface area contributed by atoms with Crippen molar-refractivity contribution in [1.82, 2.24) is 5.32 Å². The first-order valence-electron chi connectivity index (χ1n) is 5.55. The molecule has 1 unspecified atom stereocenters. The smallest absolute Gasteiger partial charge is 0.270 e. The molecule has 0 aliphatic rings. The van der Waals surface area contributed by atoms with Crippen LogP contribution in [0.2, 0.25) is 0 Å². The van der Waals surface area contributed by atoms with Gasteiger partial charge in [0.1, 0.15) is 0 Å². The van der Waals surface area contributed by atoms with Gasteiger partial charge in [0, 0.05) is 28.6 Å². The molecule has 0 saturated carbocycles. The first kappa shape index (κ1) is 14.6. The van der Waals surface area contributed by atoms with Gasteiger partial charge < -0.3 is 5.32 Å². The van der Waals surface area contributed by atoms with Crippen LogP contribution in [0.5, 0.6) is 0 Å². The number of carbonyl (C=O) groups excluding carboxylic acids is 1. The van der Waals surface area contributed by atoms with Crippen molar-refractivity contribution in [3.8, 4) is 0 Å². The molecule has 0 bridgehead atoms. The summed E-state index contributed by atoms with van der Waals surface area (Å²) in [5.41, 5.74) is -0.147. The van der Waals surface area contributed by atoms with Gasteiger partial charge in [0.15, 0.2) is 0 Å². The molecule has 0 radical (unpaired) electrons. The molecule has 0 aromatic heterocycles. The molecule has 0 saturated heterocycles. The summed E-state index contributed by atoms with van der Waals surface area (Å²) in [5.74, 6) is -0.303. The summed E-state index contributed by atoms with van der Waals surface area (Å²) in [6.45, 7) is 3.88. The van der Waals surface area contributed by atoms with Gasteiger partial charge in [-0.05, 0) is 19.4 Å². The molecule has 0 heterocycles. The van der Waals surface area contributed by atoms with Crippen LogP contribution >= 0.6 is 15.9 Å². The van der Waals surface area contributed by atoms with Crippen molar-refractivity contribution in [3.05, 3.63) is 39.9 Å². The molecule has 1 aromatic carbocycles. The Labute approximate surface area is 114 Å². The molecule has 1 N–H and O–H groups in total. The van der Waals surface area contributed by atoms with Crippen LogP contribution in [0.1, 0.15) is 30.6 Å². The molecule has 18 heavy (non-hydrogen) atoms. The third-order valence-electron chi connectivity index (χ3n) is 2.81. The van der Waals surface area contributed by atoms with Crippen LogP contribution in [-0.2, 0) is 0 Å². The quantitative estimate of drug-likeness (QED) is 0.516. The maximum absolute atomic E-state index is 12.0. The number of amides is 1. The summed E-state index contributed by atoms with van der Waals surface area (Å²) in [5, 5.41) is 14.1. The van der Waals surface area contributed by atoms with Gasteiger partial charge in [0.05, 0.1) is 4.92 Å². The molecule has 0 spiro atoms. The van der Waals surface area contributed by atoms with Crippen LogP contribution in [0.15, 0.2) is 24.3 Å². The molecule has 0 fully saturated rings. The number of hydrogen-bond donors (Lipinski definition) is 1. The van der Waals surface area contributed by atoms with Crippen LogP contribution < -0.4 is 5.32 Å². The largest absolute Gasteiger partial charge is 0.346 e. The minimum atomic E-state index is -0.514. The number of nitro groups is 1. The Kier molecular flexibility index (Phi) is 4.84. The lowest BCUT2D eigenvalue weighted by Crippen LogP contribution is -2.46. The lowest BCUT2D eigenvalue weighted by Gasteiger charge is -2.27. The van der Waals surface area contributed by atoms with Crippen LogP contribution in [-0.4, -0.2) is 21.7 Å². The van der Waals surface area contributed by atoms with Crippen LogP contribution in [0.4, 0.5) is 5.69 Å². The molecule has 1 amide bonds. The summed E-state index contributed by atoms with van der Waals surface area (Å²) >= 11 is 3.35. The first-order valence-corrected chi connectivity index (χ1v) is 6.67. The highest BCUT2D eigenvalue weighted by Crippen LogP contribution is 2.16. The van der Waals surface area contributed by atoms with E-state index in [-0.39, 0.29) is 17.1 Å². The predicted molar refractivity (Wildman–Crippen MR) is 73.1 cm³/mol. The highest BCUT2D eigenvalue weighted by molar-refractivity contribution is 9.09. The number of hydrogen-bond acceptors (Lipinski definition) is 3. The second-order valence-electron chi connectivity index (χ2n) is 4.31. The number of alkyl halides is 1. The minimum Gasteiger partial charge on any atom is -0.346 e. The fraction of sp³-hybridized carbons (Fsp3) is 0.417. The first-order chi connectivity index (χ1) is 8.41. The number of carbonyl (C=O) groups is 1. The molecule has 6 heteroatoms. The van der Waals surface area contributed by atoms with Gasteiger partial charge in [-0.3, -0.25) is 14.9 Å². The van der Waals surface area contributed by atoms with Crippen molar-refractivity contribution in [2.75, 3.05) is 5.33 Å². The molecule has 98 valence electrons.